The molecular weight excluding hydrogens is 540 g/mol. The third kappa shape index (κ3) is 6.09. The van der Waals surface area contributed by atoms with Crippen molar-refractivity contribution in [2.24, 2.45) is 0 Å². The summed E-state index contributed by atoms with van der Waals surface area (Å²) in [6.45, 7) is 1.47. The Balaban J connectivity index is 1.68. The molecule has 3 aromatic carbocycles. The van der Waals surface area contributed by atoms with Gasteiger partial charge in [-0.1, -0.05) is 35.9 Å². The number of carbonyl (C=O) groups excluding carboxylic acids is 2. The molecule has 4 aromatic rings. The van der Waals surface area contributed by atoms with Crippen LogP contribution >= 0.6 is 11.6 Å². The molecule has 0 aliphatic rings. The second-order valence-corrected chi connectivity index (χ2v) is 9.63. The van der Waals surface area contributed by atoms with Crippen molar-refractivity contribution in [1.82, 2.24) is 10.3 Å². The van der Waals surface area contributed by atoms with Gasteiger partial charge in [-0.25, -0.2) is 13.6 Å². The van der Waals surface area contributed by atoms with Gasteiger partial charge < -0.3 is 15.2 Å². The summed E-state index contributed by atoms with van der Waals surface area (Å²) >= 11 is 6.44. The summed E-state index contributed by atoms with van der Waals surface area (Å²) in [6, 6.07) is 14.6. The molecule has 1 unspecified atom stereocenters. The van der Waals surface area contributed by atoms with Gasteiger partial charge in [0.05, 0.1) is 30.4 Å². The number of aliphatic hydroxyl groups excluding tert-OH is 1. The van der Waals surface area contributed by atoms with Crippen molar-refractivity contribution in [3.63, 3.8) is 0 Å². The number of halogens is 3. The lowest BCUT2D eigenvalue weighted by Crippen LogP contribution is -2.43. The number of hydrogen-bond donors (Lipinski definition) is 2. The second-order valence-electron chi connectivity index (χ2n) is 9.22. The molecule has 1 aromatic heterocycles. The largest absolute Gasteiger partial charge is 0.467 e. The minimum atomic E-state index is -1.28. The van der Waals surface area contributed by atoms with E-state index in [4.69, 9.17) is 21.6 Å². The number of amides is 1. The number of fused-ring (bicyclic) bond motifs is 1. The van der Waals surface area contributed by atoms with Crippen molar-refractivity contribution in [2.45, 2.75) is 31.9 Å². The zero-order chi connectivity index (χ0) is 29.0. The molecule has 0 bridgehead atoms. The highest BCUT2D eigenvalue weighted by Gasteiger charge is 2.27. The lowest BCUT2D eigenvalue weighted by molar-refractivity contribution is -0.142. The van der Waals surface area contributed by atoms with Gasteiger partial charge in [0.15, 0.2) is 0 Å². The summed E-state index contributed by atoms with van der Waals surface area (Å²) in [4.78, 5) is 30.1. The molecule has 204 valence electrons. The molecule has 2 atom stereocenters. The monoisotopic (exact) mass is 563 g/mol. The summed E-state index contributed by atoms with van der Waals surface area (Å²) in [6.07, 6.45) is 0.710. The maximum Gasteiger partial charge on any atom is 0.328 e. The van der Waals surface area contributed by atoms with Crippen LogP contribution in [-0.4, -0.2) is 41.2 Å². The van der Waals surface area contributed by atoms with Gasteiger partial charge in [-0.2, -0.15) is 5.26 Å². The molecule has 7 nitrogen and oxygen atoms in total. The SMILES string of the molecule is COC(=O)[C@H](Cc1ccc(-c2ccc(C#N)cc2Cl)c2ncccc12)NC(=O)c1c(F)cc(CC(C)O)cc1F. The van der Waals surface area contributed by atoms with Crippen molar-refractivity contribution in [3.05, 3.63) is 99.7 Å². The van der Waals surface area contributed by atoms with Crippen molar-refractivity contribution in [2.75, 3.05) is 7.11 Å². The number of pyridine rings is 1. The molecule has 0 saturated carbocycles. The van der Waals surface area contributed by atoms with E-state index in [0.29, 0.717) is 38.2 Å². The number of ether oxygens (including phenoxy) is 1. The fraction of sp³-hybridized carbons (Fsp3) is 0.200. The molecule has 0 aliphatic carbocycles. The van der Waals surface area contributed by atoms with Gasteiger partial charge in [0.1, 0.15) is 23.2 Å². The van der Waals surface area contributed by atoms with E-state index in [1.807, 2.05) is 6.07 Å². The van der Waals surface area contributed by atoms with Crippen LogP contribution in [0.15, 0.2) is 60.8 Å². The Morgan fingerprint density at radius 3 is 2.42 bits per heavy atom. The standard InChI is InChI=1S/C30H24ClF2N3O4/c1-16(37)10-18-12-24(32)27(25(33)13-18)29(38)36-26(30(39)40-2)14-19-6-8-22(28-20(19)4-3-9-35-28)21-7-5-17(15-34)11-23(21)31/h3-9,11-13,16,26,37H,10,14H2,1-2H3,(H,36,38)/t16?,26-/m0/s1. The van der Waals surface area contributed by atoms with Crippen LogP contribution in [0.4, 0.5) is 8.78 Å². The topological polar surface area (TPSA) is 112 Å². The molecule has 0 radical (unpaired) electrons. The molecule has 0 saturated heterocycles. The van der Waals surface area contributed by atoms with Crippen molar-refractivity contribution < 1.29 is 28.2 Å². The third-order valence-electron chi connectivity index (χ3n) is 6.32. The smallest absolute Gasteiger partial charge is 0.328 e. The highest BCUT2D eigenvalue weighted by Crippen LogP contribution is 2.35. The predicted molar refractivity (Wildman–Crippen MR) is 146 cm³/mol. The molecule has 40 heavy (non-hydrogen) atoms. The lowest BCUT2D eigenvalue weighted by Gasteiger charge is -2.19. The zero-order valence-electron chi connectivity index (χ0n) is 21.5. The van der Waals surface area contributed by atoms with E-state index >= 15 is 0 Å². The van der Waals surface area contributed by atoms with Gasteiger partial charge in [-0.05, 0) is 54.8 Å². The number of esters is 1. The number of nitriles is 1. The summed E-state index contributed by atoms with van der Waals surface area (Å²) in [7, 11) is 1.14. The average molecular weight is 564 g/mol. The van der Waals surface area contributed by atoms with E-state index in [0.717, 1.165) is 19.2 Å². The van der Waals surface area contributed by atoms with Crippen molar-refractivity contribution in [1.29, 1.82) is 5.26 Å². The zero-order valence-corrected chi connectivity index (χ0v) is 22.3. The van der Waals surface area contributed by atoms with E-state index in [1.54, 1.807) is 48.7 Å². The van der Waals surface area contributed by atoms with Crippen molar-refractivity contribution in [3.8, 4) is 17.2 Å². The number of aliphatic hydroxyl groups is 1. The number of rotatable bonds is 8. The molecule has 0 fully saturated rings. The van der Waals surface area contributed by atoms with Gasteiger partial charge in [-0.15, -0.1) is 0 Å². The summed E-state index contributed by atoms with van der Waals surface area (Å²) in [5.74, 6) is -4.17. The van der Waals surface area contributed by atoms with Crippen LogP contribution in [0.25, 0.3) is 22.0 Å². The predicted octanol–water partition coefficient (Wildman–Crippen LogP) is 5.14. The quantitative estimate of drug-likeness (QED) is 0.287. The van der Waals surface area contributed by atoms with E-state index in [1.165, 1.54) is 6.92 Å². The number of methoxy groups -OCH3 is 1. The Morgan fingerprint density at radius 1 is 1.10 bits per heavy atom. The number of carbonyl (C=O) groups is 2. The number of nitrogens with one attached hydrogen (secondary N) is 1. The van der Waals surface area contributed by atoms with Gasteiger partial charge >= 0.3 is 5.97 Å². The normalized spacial score (nSPS) is 12.4. The fourth-order valence-corrected chi connectivity index (χ4v) is 4.80. The van der Waals surface area contributed by atoms with E-state index in [9.17, 15) is 23.5 Å². The Kier molecular flexibility index (Phi) is 8.73. The van der Waals surface area contributed by atoms with Gasteiger partial charge in [0.25, 0.3) is 5.91 Å². The minimum absolute atomic E-state index is 0.00527. The Hall–Kier alpha value is -4.39. The first kappa shape index (κ1) is 28.6. The Bertz CT molecular complexity index is 1630. The minimum Gasteiger partial charge on any atom is -0.467 e. The summed E-state index contributed by atoms with van der Waals surface area (Å²) in [5, 5.41) is 22.1. The third-order valence-corrected chi connectivity index (χ3v) is 6.64. The molecular formula is C30H24ClF2N3O4. The van der Waals surface area contributed by atoms with E-state index in [-0.39, 0.29) is 18.4 Å². The number of benzene rings is 3. The summed E-state index contributed by atoms with van der Waals surface area (Å²) in [5.41, 5.74) is 2.26. The summed E-state index contributed by atoms with van der Waals surface area (Å²) < 4.78 is 34.3. The highest BCUT2D eigenvalue weighted by molar-refractivity contribution is 6.33. The van der Waals surface area contributed by atoms with Gasteiger partial charge in [0.2, 0.25) is 0 Å². The van der Waals surface area contributed by atoms with Crippen LogP contribution in [0.5, 0.6) is 0 Å². The molecule has 4 rings (SSSR count). The van der Waals surface area contributed by atoms with Gasteiger partial charge in [-0.3, -0.25) is 9.78 Å². The first-order valence-corrected chi connectivity index (χ1v) is 12.6. The highest BCUT2D eigenvalue weighted by atomic mass is 35.5. The van der Waals surface area contributed by atoms with Crippen molar-refractivity contribution >= 4 is 34.4 Å². The van der Waals surface area contributed by atoms with Crippen LogP contribution in [-0.2, 0) is 22.4 Å². The maximum absolute atomic E-state index is 14.7. The number of hydrogen-bond acceptors (Lipinski definition) is 6. The molecule has 10 heteroatoms. The molecule has 0 spiro atoms. The second kappa shape index (κ2) is 12.2. The first-order chi connectivity index (χ1) is 19.1. The lowest BCUT2D eigenvalue weighted by atomic mass is 9.94. The average Bonchev–Trinajstić information content (AvgIpc) is 2.91. The fourth-order valence-electron chi connectivity index (χ4n) is 4.52. The molecule has 1 amide bonds. The Morgan fingerprint density at radius 2 is 1.80 bits per heavy atom. The first-order valence-electron chi connectivity index (χ1n) is 12.2. The Labute approximate surface area is 234 Å². The van der Waals surface area contributed by atoms with E-state index < -0.39 is 41.2 Å². The number of nitrogens with zero attached hydrogens (tertiary/aromatic N) is 2. The van der Waals surface area contributed by atoms with Crippen LogP contribution in [0.3, 0.4) is 0 Å². The van der Waals surface area contributed by atoms with Crippen LogP contribution in [0.1, 0.15) is 34.0 Å². The van der Waals surface area contributed by atoms with Crippen LogP contribution in [0.2, 0.25) is 5.02 Å². The van der Waals surface area contributed by atoms with E-state index in [2.05, 4.69) is 10.3 Å². The molecule has 2 N–H and O–H groups in total. The molecule has 0 aliphatic heterocycles. The van der Waals surface area contributed by atoms with Gasteiger partial charge in [0, 0.05) is 34.2 Å². The molecule has 1 heterocycles. The van der Waals surface area contributed by atoms with Crippen LogP contribution < -0.4 is 5.32 Å². The number of aromatic nitrogens is 1. The van der Waals surface area contributed by atoms with Crippen LogP contribution in [0, 0.1) is 23.0 Å². The maximum atomic E-state index is 14.7.